The maximum absolute atomic E-state index is 12.9. The Hall–Kier alpha value is -2.96. The lowest BCUT2D eigenvalue weighted by Crippen LogP contribution is -2.34. The summed E-state index contributed by atoms with van der Waals surface area (Å²) in [6, 6.07) is 7.95. The highest BCUT2D eigenvalue weighted by atomic mass is 19.4. The summed E-state index contributed by atoms with van der Waals surface area (Å²) in [5.41, 5.74) is 1.17. The molecule has 27 heavy (non-hydrogen) atoms. The van der Waals surface area contributed by atoms with E-state index in [1.807, 2.05) is 6.07 Å². The average Bonchev–Trinajstić information content (AvgIpc) is 2.66. The molecule has 0 atom stereocenters. The third-order valence-corrected chi connectivity index (χ3v) is 4.53. The number of rotatable bonds is 3. The standard InChI is InChI=1S/C20H18F3NO3/c1-12-16-11-18(27-3)17(26-2)10-13(16)7-8-24(12)19(25)14-5-4-6-15(9-14)20(21,22)23/h4-6,9-11H,1,7-8H2,2-3H3. The summed E-state index contributed by atoms with van der Waals surface area (Å²) in [5.74, 6) is 0.541. The van der Waals surface area contributed by atoms with Crippen LogP contribution in [-0.4, -0.2) is 31.6 Å². The molecule has 0 radical (unpaired) electrons. The average molecular weight is 377 g/mol. The number of hydrogen-bond acceptors (Lipinski definition) is 3. The fraction of sp³-hybridized carbons (Fsp3) is 0.250. The number of hydrogen-bond donors (Lipinski definition) is 0. The number of fused-ring (bicyclic) bond motifs is 1. The van der Waals surface area contributed by atoms with Crippen molar-refractivity contribution in [2.75, 3.05) is 20.8 Å². The predicted molar refractivity (Wildman–Crippen MR) is 94.8 cm³/mol. The van der Waals surface area contributed by atoms with Gasteiger partial charge < -0.3 is 14.4 Å². The van der Waals surface area contributed by atoms with Crippen LogP contribution in [0.2, 0.25) is 0 Å². The summed E-state index contributed by atoms with van der Waals surface area (Å²) in [6.45, 7) is 4.29. The fourth-order valence-corrected chi connectivity index (χ4v) is 3.12. The van der Waals surface area contributed by atoms with Crippen molar-refractivity contribution in [2.45, 2.75) is 12.6 Å². The minimum absolute atomic E-state index is 0.0325. The largest absolute Gasteiger partial charge is 0.493 e. The van der Waals surface area contributed by atoms with Crippen LogP contribution >= 0.6 is 0 Å². The Morgan fingerprint density at radius 1 is 1.11 bits per heavy atom. The Morgan fingerprint density at radius 3 is 2.41 bits per heavy atom. The van der Waals surface area contributed by atoms with Crippen molar-refractivity contribution in [3.63, 3.8) is 0 Å². The second-order valence-electron chi connectivity index (χ2n) is 6.10. The normalized spacial score (nSPS) is 14.0. The summed E-state index contributed by atoms with van der Waals surface area (Å²) in [5, 5.41) is 0. The van der Waals surface area contributed by atoms with Crippen LogP contribution in [0, 0.1) is 0 Å². The molecule has 0 spiro atoms. The lowest BCUT2D eigenvalue weighted by atomic mass is 9.95. The lowest BCUT2D eigenvalue weighted by Gasteiger charge is -2.31. The van der Waals surface area contributed by atoms with Gasteiger partial charge in [0, 0.05) is 23.4 Å². The minimum atomic E-state index is -4.51. The molecule has 0 saturated heterocycles. The molecular formula is C20H18F3NO3. The molecule has 0 saturated carbocycles. The Bertz CT molecular complexity index is 906. The van der Waals surface area contributed by atoms with Crippen LogP contribution in [0.25, 0.3) is 5.70 Å². The molecule has 1 amide bonds. The van der Waals surface area contributed by atoms with E-state index in [0.29, 0.717) is 35.7 Å². The number of ether oxygens (including phenoxy) is 2. The van der Waals surface area contributed by atoms with E-state index in [9.17, 15) is 18.0 Å². The lowest BCUT2D eigenvalue weighted by molar-refractivity contribution is -0.137. The highest BCUT2D eigenvalue weighted by molar-refractivity contribution is 6.00. The van der Waals surface area contributed by atoms with Crippen LogP contribution in [0.4, 0.5) is 13.2 Å². The first-order chi connectivity index (χ1) is 12.8. The second kappa shape index (κ2) is 6.98. The van der Waals surface area contributed by atoms with Gasteiger partial charge in [0.05, 0.1) is 19.8 Å². The van der Waals surface area contributed by atoms with E-state index in [0.717, 1.165) is 17.7 Å². The van der Waals surface area contributed by atoms with E-state index in [1.54, 1.807) is 6.07 Å². The first-order valence-corrected chi connectivity index (χ1v) is 8.19. The number of halogens is 3. The molecule has 1 heterocycles. The molecule has 1 aliphatic rings. The third kappa shape index (κ3) is 3.49. The van der Waals surface area contributed by atoms with Crippen molar-refractivity contribution in [1.29, 1.82) is 0 Å². The van der Waals surface area contributed by atoms with Gasteiger partial charge in [-0.1, -0.05) is 12.6 Å². The predicted octanol–water partition coefficient (Wildman–Crippen LogP) is 4.39. The smallest absolute Gasteiger partial charge is 0.416 e. The molecule has 0 N–H and O–H groups in total. The molecule has 2 aromatic rings. The molecule has 0 aliphatic carbocycles. The Kier molecular flexibility index (Phi) is 4.87. The number of methoxy groups -OCH3 is 2. The zero-order chi connectivity index (χ0) is 19.8. The van der Waals surface area contributed by atoms with Crippen molar-refractivity contribution in [1.82, 2.24) is 4.90 Å². The Labute approximate surface area is 154 Å². The van der Waals surface area contributed by atoms with Gasteiger partial charge >= 0.3 is 6.18 Å². The number of benzene rings is 2. The highest BCUT2D eigenvalue weighted by Gasteiger charge is 2.32. The molecule has 4 nitrogen and oxygen atoms in total. The summed E-state index contributed by atoms with van der Waals surface area (Å²) >= 11 is 0. The number of carbonyl (C=O) groups is 1. The SMILES string of the molecule is C=C1c2cc(OC)c(OC)cc2CCN1C(=O)c1cccc(C(F)(F)F)c1. The zero-order valence-corrected chi connectivity index (χ0v) is 14.9. The van der Waals surface area contributed by atoms with Crippen LogP contribution in [0.1, 0.15) is 27.0 Å². The van der Waals surface area contributed by atoms with Gasteiger partial charge in [-0.25, -0.2) is 0 Å². The van der Waals surface area contributed by atoms with Crippen molar-refractivity contribution in [3.8, 4) is 11.5 Å². The van der Waals surface area contributed by atoms with E-state index in [1.165, 1.54) is 31.3 Å². The third-order valence-electron chi connectivity index (χ3n) is 4.53. The molecule has 3 rings (SSSR count). The number of carbonyl (C=O) groups excluding carboxylic acids is 1. The topological polar surface area (TPSA) is 38.8 Å². The number of amides is 1. The molecule has 142 valence electrons. The number of alkyl halides is 3. The summed E-state index contributed by atoms with van der Waals surface area (Å²) < 4.78 is 49.4. The van der Waals surface area contributed by atoms with Gasteiger partial charge in [-0.15, -0.1) is 0 Å². The van der Waals surface area contributed by atoms with E-state index in [-0.39, 0.29) is 5.56 Å². The number of nitrogens with zero attached hydrogens (tertiary/aromatic N) is 1. The van der Waals surface area contributed by atoms with Gasteiger partial charge in [-0.05, 0) is 42.3 Å². The van der Waals surface area contributed by atoms with Gasteiger partial charge in [-0.2, -0.15) is 13.2 Å². The maximum atomic E-state index is 12.9. The highest BCUT2D eigenvalue weighted by Crippen LogP contribution is 2.37. The summed E-state index contributed by atoms with van der Waals surface area (Å²) in [7, 11) is 3.03. The molecule has 0 bridgehead atoms. The summed E-state index contributed by atoms with van der Waals surface area (Å²) in [4.78, 5) is 14.2. The Balaban J connectivity index is 1.94. The van der Waals surface area contributed by atoms with Crippen molar-refractivity contribution < 1.29 is 27.4 Å². The van der Waals surface area contributed by atoms with E-state index in [4.69, 9.17) is 9.47 Å². The molecule has 7 heteroatoms. The molecule has 0 unspecified atom stereocenters. The van der Waals surface area contributed by atoms with Crippen LogP contribution in [0.3, 0.4) is 0 Å². The molecule has 0 aromatic heterocycles. The first-order valence-electron chi connectivity index (χ1n) is 8.19. The van der Waals surface area contributed by atoms with E-state index >= 15 is 0 Å². The molecular weight excluding hydrogens is 359 g/mol. The van der Waals surface area contributed by atoms with Gasteiger partial charge in [0.1, 0.15) is 0 Å². The maximum Gasteiger partial charge on any atom is 0.416 e. The van der Waals surface area contributed by atoms with Crippen LogP contribution < -0.4 is 9.47 Å². The molecule has 2 aromatic carbocycles. The Morgan fingerprint density at radius 2 is 1.78 bits per heavy atom. The van der Waals surface area contributed by atoms with Crippen LogP contribution in [0.5, 0.6) is 11.5 Å². The summed E-state index contributed by atoms with van der Waals surface area (Å²) in [6.07, 6.45) is -3.98. The second-order valence-corrected chi connectivity index (χ2v) is 6.10. The van der Waals surface area contributed by atoms with E-state index in [2.05, 4.69) is 6.58 Å². The van der Waals surface area contributed by atoms with Crippen molar-refractivity contribution in [3.05, 3.63) is 65.2 Å². The monoisotopic (exact) mass is 377 g/mol. The minimum Gasteiger partial charge on any atom is -0.493 e. The molecule has 0 fully saturated rings. The van der Waals surface area contributed by atoms with Gasteiger partial charge in [0.2, 0.25) is 0 Å². The van der Waals surface area contributed by atoms with Crippen LogP contribution in [-0.2, 0) is 12.6 Å². The van der Waals surface area contributed by atoms with Crippen LogP contribution in [0.15, 0.2) is 43.0 Å². The van der Waals surface area contributed by atoms with Gasteiger partial charge in [0.25, 0.3) is 5.91 Å². The van der Waals surface area contributed by atoms with Gasteiger partial charge in [-0.3, -0.25) is 4.79 Å². The van der Waals surface area contributed by atoms with E-state index < -0.39 is 17.6 Å². The van der Waals surface area contributed by atoms with Crippen molar-refractivity contribution >= 4 is 11.6 Å². The first kappa shape index (κ1) is 18.8. The van der Waals surface area contributed by atoms with Crippen molar-refractivity contribution in [2.24, 2.45) is 0 Å². The van der Waals surface area contributed by atoms with Gasteiger partial charge in [0.15, 0.2) is 11.5 Å². The zero-order valence-electron chi connectivity index (χ0n) is 14.9. The fourth-order valence-electron chi connectivity index (χ4n) is 3.12. The molecule has 1 aliphatic heterocycles. The quantitative estimate of drug-likeness (QED) is 0.796.